The van der Waals surface area contributed by atoms with Crippen molar-refractivity contribution in [2.45, 2.75) is 41.5 Å². The minimum absolute atomic E-state index is 0.144. The Morgan fingerprint density at radius 2 is 1.52 bits per heavy atom. The molecule has 1 aromatic rings. The van der Waals surface area contributed by atoms with Crippen LogP contribution >= 0.6 is 0 Å². The van der Waals surface area contributed by atoms with Gasteiger partial charge in [-0.25, -0.2) is 0 Å². The lowest BCUT2D eigenvalue weighted by Crippen LogP contribution is -2.47. The van der Waals surface area contributed by atoms with E-state index < -0.39 is 5.41 Å². The van der Waals surface area contributed by atoms with Gasteiger partial charge in [-0.15, -0.1) is 0 Å². The molecular formula is C17H26N2O2. The summed E-state index contributed by atoms with van der Waals surface area (Å²) in [5.74, 6) is -0.418. The molecule has 21 heavy (non-hydrogen) atoms. The number of hydrogen-bond donors (Lipinski definition) is 1. The summed E-state index contributed by atoms with van der Waals surface area (Å²) >= 11 is 0. The van der Waals surface area contributed by atoms with Crippen LogP contribution in [0.5, 0.6) is 0 Å². The van der Waals surface area contributed by atoms with Crippen LogP contribution in [0, 0.1) is 19.3 Å². The highest BCUT2D eigenvalue weighted by molar-refractivity contribution is 6.09. The normalized spacial score (nSPS) is 11.1. The molecule has 0 saturated carbocycles. The third-order valence-electron chi connectivity index (χ3n) is 3.63. The molecule has 0 aliphatic carbocycles. The van der Waals surface area contributed by atoms with Crippen LogP contribution < -0.4 is 5.32 Å². The average Bonchev–Trinajstić information content (AvgIpc) is 2.38. The third-order valence-corrected chi connectivity index (χ3v) is 3.63. The zero-order valence-electron chi connectivity index (χ0n) is 13.9. The lowest BCUT2D eigenvalue weighted by Gasteiger charge is -2.29. The number of hydrogen-bond acceptors (Lipinski definition) is 2. The second-order valence-electron chi connectivity index (χ2n) is 5.93. The van der Waals surface area contributed by atoms with E-state index >= 15 is 0 Å². The Hall–Kier alpha value is -1.84. The summed E-state index contributed by atoms with van der Waals surface area (Å²) < 4.78 is 0. The minimum Gasteiger partial charge on any atom is -0.342 e. The lowest BCUT2D eigenvalue weighted by molar-refractivity contribution is -0.146. The molecule has 1 aromatic carbocycles. The fourth-order valence-corrected chi connectivity index (χ4v) is 2.34. The van der Waals surface area contributed by atoms with E-state index in [1.165, 1.54) is 0 Å². The largest absolute Gasteiger partial charge is 0.342 e. The van der Waals surface area contributed by atoms with Crippen LogP contribution in [0.4, 0.5) is 5.69 Å². The number of nitrogens with zero attached hydrogens (tertiary/aromatic N) is 1. The Bertz CT molecular complexity index is 511. The van der Waals surface area contributed by atoms with Gasteiger partial charge in [-0.1, -0.05) is 6.07 Å². The molecule has 0 aromatic heterocycles. The highest BCUT2D eigenvalue weighted by Gasteiger charge is 2.38. The van der Waals surface area contributed by atoms with E-state index in [9.17, 15) is 9.59 Å². The number of rotatable bonds is 5. The summed E-state index contributed by atoms with van der Waals surface area (Å²) in [4.78, 5) is 26.6. The van der Waals surface area contributed by atoms with Gasteiger partial charge in [0.1, 0.15) is 5.41 Å². The second-order valence-corrected chi connectivity index (χ2v) is 5.93. The van der Waals surface area contributed by atoms with Gasteiger partial charge in [-0.3, -0.25) is 9.59 Å². The minimum atomic E-state index is -1.08. The molecule has 0 bridgehead atoms. The van der Waals surface area contributed by atoms with Crippen molar-refractivity contribution in [1.82, 2.24) is 4.90 Å². The maximum absolute atomic E-state index is 12.5. The molecule has 0 fully saturated rings. The van der Waals surface area contributed by atoms with E-state index in [4.69, 9.17) is 0 Å². The second kappa shape index (κ2) is 6.74. The van der Waals surface area contributed by atoms with Crippen molar-refractivity contribution in [1.29, 1.82) is 0 Å². The van der Waals surface area contributed by atoms with Crippen molar-refractivity contribution in [2.75, 3.05) is 18.4 Å². The number of benzene rings is 1. The van der Waals surface area contributed by atoms with Crippen LogP contribution in [0.2, 0.25) is 0 Å². The van der Waals surface area contributed by atoms with E-state index in [0.717, 1.165) is 16.8 Å². The molecule has 0 aliphatic heterocycles. The summed E-state index contributed by atoms with van der Waals surface area (Å²) in [6.45, 7) is 12.4. The van der Waals surface area contributed by atoms with Gasteiger partial charge in [0.05, 0.1) is 0 Å². The van der Waals surface area contributed by atoms with E-state index in [-0.39, 0.29) is 11.8 Å². The Kier molecular flexibility index (Phi) is 5.53. The number of carbonyl (C=O) groups excluding carboxylic acids is 2. The first-order chi connectivity index (χ1) is 9.72. The van der Waals surface area contributed by atoms with Crippen molar-refractivity contribution in [3.05, 3.63) is 29.3 Å². The Labute approximate surface area is 127 Å². The van der Waals surface area contributed by atoms with Crippen molar-refractivity contribution in [2.24, 2.45) is 5.41 Å². The van der Waals surface area contributed by atoms with Gasteiger partial charge < -0.3 is 10.2 Å². The van der Waals surface area contributed by atoms with Gasteiger partial charge in [0.2, 0.25) is 11.8 Å². The fraction of sp³-hybridized carbons (Fsp3) is 0.529. The first-order valence-corrected chi connectivity index (χ1v) is 7.41. The average molecular weight is 290 g/mol. The molecule has 116 valence electrons. The maximum atomic E-state index is 12.5. The molecule has 0 atom stereocenters. The number of amides is 2. The predicted molar refractivity (Wildman–Crippen MR) is 86.3 cm³/mol. The molecule has 0 unspecified atom stereocenters. The molecule has 2 amide bonds. The van der Waals surface area contributed by atoms with Gasteiger partial charge in [0.25, 0.3) is 0 Å². The number of carbonyl (C=O) groups is 2. The molecule has 4 nitrogen and oxygen atoms in total. The van der Waals surface area contributed by atoms with Gasteiger partial charge >= 0.3 is 0 Å². The molecule has 0 spiro atoms. The van der Waals surface area contributed by atoms with E-state index in [0.29, 0.717) is 13.1 Å². The van der Waals surface area contributed by atoms with Crippen LogP contribution in [-0.2, 0) is 9.59 Å². The highest BCUT2D eigenvalue weighted by Crippen LogP contribution is 2.23. The van der Waals surface area contributed by atoms with E-state index in [1.54, 1.807) is 18.7 Å². The Morgan fingerprint density at radius 3 is 1.95 bits per heavy atom. The molecule has 0 heterocycles. The SMILES string of the molecule is CCN(CC)C(=O)C(C)(C)C(=O)Nc1cc(C)cc(C)c1. The Balaban J connectivity index is 2.93. The number of anilines is 1. The van der Waals surface area contributed by atoms with Crippen molar-refractivity contribution in [3.8, 4) is 0 Å². The standard InChI is InChI=1S/C17H26N2O2/c1-7-19(8-2)16(21)17(5,6)15(20)18-14-10-12(3)9-13(4)11-14/h9-11H,7-8H2,1-6H3,(H,18,20). The third kappa shape index (κ3) is 4.06. The molecular weight excluding hydrogens is 264 g/mol. The van der Waals surface area contributed by atoms with Crippen LogP contribution in [0.3, 0.4) is 0 Å². The molecule has 0 saturated heterocycles. The van der Waals surface area contributed by atoms with Crippen molar-refractivity contribution >= 4 is 17.5 Å². The summed E-state index contributed by atoms with van der Waals surface area (Å²) in [5.41, 5.74) is 1.82. The Morgan fingerprint density at radius 1 is 1.05 bits per heavy atom. The molecule has 1 N–H and O–H groups in total. The van der Waals surface area contributed by atoms with Crippen molar-refractivity contribution < 1.29 is 9.59 Å². The first-order valence-electron chi connectivity index (χ1n) is 7.41. The van der Waals surface area contributed by atoms with Crippen LogP contribution in [-0.4, -0.2) is 29.8 Å². The summed E-state index contributed by atoms with van der Waals surface area (Å²) in [6.07, 6.45) is 0. The number of aryl methyl sites for hydroxylation is 2. The van der Waals surface area contributed by atoms with Crippen LogP contribution in [0.1, 0.15) is 38.8 Å². The summed E-state index contributed by atoms with van der Waals surface area (Å²) in [7, 11) is 0. The zero-order valence-corrected chi connectivity index (χ0v) is 13.9. The maximum Gasteiger partial charge on any atom is 0.239 e. The smallest absolute Gasteiger partial charge is 0.239 e. The van der Waals surface area contributed by atoms with Gasteiger partial charge in [-0.05, 0) is 64.8 Å². The van der Waals surface area contributed by atoms with Crippen molar-refractivity contribution in [3.63, 3.8) is 0 Å². The topological polar surface area (TPSA) is 49.4 Å². The van der Waals surface area contributed by atoms with E-state index in [1.807, 2.05) is 45.9 Å². The highest BCUT2D eigenvalue weighted by atomic mass is 16.2. The lowest BCUT2D eigenvalue weighted by atomic mass is 9.90. The molecule has 0 aliphatic rings. The van der Waals surface area contributed by atoms with Gasteiger partial charge in [0, 0.05) is 18.8 Å². The summed E-state index contributed by atoms with van der Waals surface area (Å²) in [6, 6.07) is 5.85. The molecule has 4 heteroatoms. The zero-order chi connectivity index (χ0) is 16.2. The molecule has 1 rings (SSSR count). The first kappa shape index (κ1) is 17.2. The predicted octanol–water partition coefficient (Wildman–Crippen LogP) is 3.14. The van der Waals surface area contributed by atoms with Crippen LogP contribution in [0.25, 0.3) is 0 Å². The quantitative estimate of drug-likeness (QED) is 0.847. The monoisotopic (exact) mass is 290 g/mol. The summed E-state index contributed by atoms with van der Waals surface area (Å²) in [5, 5.41) is 2.86. The van der Waals surface area contributed by atoms with Gasteiger partial charge in [0.15, 0.2) is 0 Å². The molecule has 0 radical (unpaired) electrons. The number of nitrogens with one attached hydrogen (secondary N) is 1. The van der Waals surface area contributed by atoms with E-state index in [2.05, 4.69) is 5.32 Å². The fourth-order valence-electron chi connectivity index (χ4n) is 2.34. The van der Waals surface area contributed by atoms with Gasteiger partial charge in [-0.2, -0.15) is 0 Å². The van der Waals surface area contributed by atoms with Crippen LogP contribution in [0.15, 0.2) is 18.2 Å².